The summed E-state index contributed by atoms with van der Waals surface area (Å²) in [6.07, 6.45) is 0. The summed E-state index contributed by atoms with van der Waals surface area (Å²) >= 11 is 0. The minimum Gasteiger partial charge on any atom is -0.508 e. The fourth-order valence-corrected chi connectivity index (χ4v) is 0.743. The maximum Gasteiger partial charge on any atom is 0.345 e. The Hall–Kier alpha value is -1.32. The second-order valence-electron chi connectivity index (χ2n) is 1.95. The Balaban J connectivity index is 2.99. The summed E-state index contributed by atoms with van der Waals surface area (Å²) in [7, 11) is 0. The molecule has 54 valence electrons. The molecule has 0 atom stereocenters. The van der Waals surface area contributed by atoms with Crippen LogP contribution in [0.1, 0.15) is 6.92 Å². The van der Waals surface area contributed by atoms with Gasteiger partial charge < -0.3 is 9.84 Å². The Bertz CT molecular complexity index is 226. The predicted molar refractivity (Wildman–Crippen MR) is 31.3 cm³/mol. The first-order valence-corrected chi connectivity index (χ1v) is 2.73. The third kappa shape index (κ3) is 0.877. The molecular formula is C6H6O4. The number of aliphatic hydroxyl groups excluding tert-OH is 1. The zero-order chi connectivity index (χ0) is 7.72. The molecule has 0 aliphatic carbocycles. The van der Waals surface area contributed by atoms with Gasteiger partial charge in [-0.15, -0.1) is 0 Å². The molecule has 1 heterocycles. The molecule has 0 spiro atoms. The zero-order valence-corrected chi connectivity index (χ0v) is 5.38. The Labute approximate surface area is 57.1 Å². The lowest BCUT2D eigenvalue weighted by Gasteiger charge is -1.88. The molecule has 0 saturated carbocycles. The second kappa shape index (κ2) is 2.13. The smallest absolute Gasteiger partial charge is 0.345 e. The molecule has 1 rings (SSSR count). The molecule has 0 unspecified atom stereocenters. The molecule has 0 radical (unpaired) electrons. The first-order valence-electron chi connectivity index (χ1n) is 2.73. The first-order chi connectivity index (χ1) is 4.63. The number of ketones is 1. The average Bonchev–Trinajstić information content (AvgIpc) is 2.11. The number of ether oxygens (including phenoxy) is 1. The van der Waals surface area contributed by atoms with Crippen molar-refractivity contribution >= 4 is 11.8 Å². The predicted octanol–water partition coefficient (Wildman–Crippen LogP) is -0.0557. The number of hydrogen-bond donors (Lipinski definition) is 1. The molecule has 0 amide bonds. The second-order valence-corrected chi connectivity index (χ2v) is 1.95. The number of aliphatic hydroxyl groups is 1. The minimum absolute atomic E-state index is 0.173. The molecule has 0 aromatic rings. The van der Waals surface area contributed by atoms with Crippen LogP contribution >= 0.6 is 0 Å². The van der Waals surface area contributed by atoms with Crippen molar-refractivity contribution in [1.29, 1.82) is 0 Å². The third-order valence-electron chi connectivity index (χ3n) is 1.18. The highest BCUT2D eigenvalue weighted by Gasteiger charge is 2.27. The third-order valence-corrected chi connectivity index (χ3v) is 1.18. The molecule has 0 fully saturated rings. The SMILES string of the molecule is CC(=O)C1=C(O)COC1=O. The fourth-order valence-electron chi connectivity index (χ4n) is 0.743. The van der Waals surface area contributed by atoms with Crippen LogP contribution in [0.4, 0.5) is 0 Å². The van der Waals surface area contributed by atoms with E-state index in [0.29, 0.717) is 0 Å². The maximum atomic E-state index is 10.6. The highest BCUT2D eigenvalue weighted by molar-refractivity contribution is 6.17. The van der Waals surface area contributed by atoms with Gasteiger partial charge in [0.2, 0.25) is 0 Å². The summed E-state index contributed by atoms with van der Waals surface area (Å²) < 4.78 is 4.36. The summed E-state index contributed by atoms with van der Waals surface area (Å²) in [5.74, 6) is -1.46. The van der Waals surface area contributed by atoms with Crippen LogP contribution in [0, 0.1) is 0 Å². The zero-order valence-electron chi connectivity index (χ0n) is 5.38. The van der Waals surface area contributed by atoms with Crippen LogP contribution in [0.5, 0.6) is 0 Å². The van der Waals surface area contributed by atoms with Gasteiger partial charge in [0, 0.05) is 0 Å². The van der Waals surface area contributed by atoms with Crippen LogP contribution in [0.15, 0.2) is 11.3 Å². The number of carbonyl (C=O) groups excluding carboxylic acids is 2. The van der Waals surface area contributed by atoms with Crippen LogP contribution in [-0.4, -0.2) is 23.5 Å². The van der Waals surface area contributed by atoms with Gasteiger partial charge in [-0.05, 0) is 6.92 Å². The Morgan fingerprint density at radius 2 is 2.30 bits per heavy atom. The van der Waals surface area contributed by atoms with E-state index in [-0.39, 0.29) is 17.9 Å². The van der Waals surface area contributed by atoms with Crippen molar-refractivity contribution in [2.45, 2.75) is 6.92 Å². The van der Waals surface area contributed by atoms with E-state index < -0.39 is 11.8 Å². The van der Waals surface area contributed by atoms with Gasteiger partial charge in [0.05, 0.1) is 0 Å². The van der Waals surface area contributed by atoms with Gasteiger partial charge in [0.15, 0.2) is 5.78 Å². The molecule has 0 aromatic heterocycles. The van der Waals surface area contributed by atoms with Gasteiger partial charge in [-0.1, -0.05) is 0 Å². The van der Waals surface area contributed by atoms with Crippen LogP contribution in [0.2, 0.25) is 0 Å². The highest BCUT2D eigenvalue weighted by Crippen LogP contribution is 2.13. The molecule has 4 heteroatoms. The lowest BCUT2D eigenvalue weighted by Crippen LogP contribution is -2.06. The van der Waals surface area contributed by atoms with Crippen molar-refractivity contribution in [2.24, 2.45) is 0 Å². The Morgan fingerprint density at radius 3 is 2.50 bits per heavy atom. The van der Waals surface area contributed by atoms with Crippen molar-refractivity contribution in [3.05, 3.63) is 11.3 Å². The van der Waals surface area contributed by atoms with Gasteiger partial charge in [-0.3, -0.25) is 4.79 Å². The van der Waals surface area contributed by atoms with Gasteiger partial charge in [-0.25, -0.2) is 4.79 Å². The van der Waals surface area contributed by atoms with Crippen molar-refractivity contribution in [2.75, 3.05) is 6.61 Å². The van der Waals surface area contributed by atoms with Gasteiger partial charge in [-0.2, -0.15) is 0 Å². The van der Waals surface area contributed by atoms with Crippen molar-refractivity contribution in [3.8, 4) is 0 Å². The van der Waals surface area contributed by atoms with E-state index in [0.717, 1.165) is 0 Å². The molecule has 4 nitrogen and oxygen atoms in total. The van der Waals surface area contributed by atoms with Crippen LogP contribution < -0.4 is 0 Å². The number of rotatable bonds is 1. The summed E-state index contributed by atoms with van der Waals surface area (Å²) in [6, 6.07) is 0. The molecule has 10 heavy (non-hydrogen) atoms. The molecule has 1 N–H and O–H groups in total. The number of hydrogen-bond acceptors (Lipinski definition) is 4. The number of esters is 1. The van der Waals surface area contributed by atoms with Crippen molar-refractivity contribution < 1.29 is 19.4 Å². The van der Waals surface area contributed by atoms with E-state index in [4.69, 9.17) is 5.11 Å². The molecule has 1 aliphatic heterocycles. The van der Waals surface area contributed by atoms with E-state index in [2.05, 4.69) is 4.74 Å². The topological polar surface area (TPSA) is 63.6 Å². The lowest BCUT2D eigenvalue weighted by atomic mass is 10.2. The van der Waals surface area contributed by atoms with Crippen LogP contribution in [-0.2, 0) is 14.3 Å². The average molecular weight is 142 g/mol. The van der Waals surface area contributed by atoms with Crippen molar-refractivity contribution in [3.63, 3.8) is 0 Å². The van der Waals surface area contributed by atoms with E-state index in [1.807, 2.05) is 0 Å². The van der Waals surface area contributed by atoms with E-state index >= 15 is 0 Å². The summed E-state index contributed by atoms with van der Waals surface area (Å²) in [4.78, 5) is 21.1. The first kappa shape index (κ1) is 6.80. The van der Waals surface area contributed by atoms with E-state index in [1.165, 1.54) is 6.92 Å². The van der Waals surface area contributed by atoms with E-state index in [1.54, 1.807) is 0 Å². The number of carbonyl (C=O) groups is 2. The monoisotopic (exact) mass is 142 g/mol. The largest absolute Gasteiger partial charge is 0.508 e. The molecular weight excluding hydrogens is 136 g/mol. The number of Topliss-reactive ketones (excluding diaryl/α,β-unsaturated/α-hetero) is 1. The summed E-state index contributed by atoms with van der Waals surface area (Å²) in [5, 5.41) is 8.84. The standard InChI is InChI=1S/C6H6O4/c1-3(7)5-4(8)2-10-6(5)9/h8H,2H2,1H3. The van der Waals surface area contributed by atoms with Crippen LogP contribution in [0.3, 0.4) is 0 Å². The van der Waals surface area contributed by atoms with Gasteiger partial charge in [0.25, 0.3) is 0 Å². The quantitative estimate of drug-likeness (QED) is 0.411. The fraction of sp³-hybridized carbons (Fsp3) is 0.333. The van der Waals surface area contributed by atoms with Gasteiger partial charge in [0.1, 0.15) is 17.9 Å². The molecule has 0 saturated heterocycles. The molecule has 0 aromatic carbocycles. The Morgan fingerprint density at radius 1 is 1.70 bits per heavy atom. The van der Waals surface area contributed by atoms with Gasteiger partial charge >= 0.3 is 5.97 Å². The summed E-state index contributed by atoms with van der Waals surface area (Å²) in [6.45, 7) is 1.03. The summed E-state index contributed by atoms with van der Waals surface area (Å²) in [5.41, 5.74) is -0.222. The van der Waals surface area contributed by atoms with Crippen molar-refractivity contribution in [1.82, 2.24) is 0 Å². The maximum absolute atomic E-state index is 10.6. The normalized spacial score (nSPS) is 17.5. The Kier molecular flexibility index (Phi) is 1.45. The van der Waals surface area contributed by atoms with Crippen LogP contribution in [0.25, 0.3) is 0 Å². The lowest BCUT2D eigenvalue weighted by molar-refractivity contribution is -0.137. The van der Waals surface area contributed by atoms with E-state index in [9.17, 15) is 9.59 Å². The molecule has 0 bridgehead atoms. The minimum atomic E-state index is -0.731. The number of cyclic esters (lactones) is 1. The highest BCUT2D eigenvalue weighted by atomic mass is 16.5. The molecule has 1 aliphatic rings.